The number of hydrogen-bond donors (Lipinski definition) is 0. The Kier molecular flexibility index (Phi) is 9.16. The van der Waals surface area contributed by atoms with Gasteiger partial charge in [-0.05, 0) is 53.3 Å². The lowest BCUT2D eigenvalue weighted by Crippen LogP contribution is -2.52. The van der Waals surface area contributed by atoms with Gasteiger partial charge in [0.15, 0.2) is 0 Å². The van der Waals surface area contributed by atoms with Crippen LogP contribution in [-0.2, 0) is 35.5 Å². The molecular formula is C38H35N5O2. The molecular weight excluding hydrogens is 558 g/mol. The van der Waals surface area contributed by atoms with E-state index in [9.17, 15) is 9.59 Å². The van der Waals surface area contributed by atoms with E-state index in [4.69, 9.17) is 0 Å². The van der Waals surface area contributed by atoms with Gasteiger partial charge in [0.25, 0.3) is 0 Å². The van der Waals surface area contributed by atoms with Gasteiger partial charge in [0, 0.05) is 56.3 Å². The Morgan fingerprint density at radius 1 is 0.844 bits per heavy atom. The van der Waals surface area contributed by atoms with Crippen molar-refractivity contribution in [2.45, 2.75) is 38.9 Å². The summed E-state index contributed by atoms with van der Waals surface area (Å²) in [6.45, 7) is 3.37. The first kappa shape index (κ1) is 29.6. The maximum absolute atomic E-state index is 14.5. The lowest BCUT2D eigenvalue weighted by atomic mass is 9.97. The molecule has 5 aromatic rings. The Morgan fingerprint density at radius 3 is 2.36 bits per heavy atom. The second kappa shape index (κ2) is 13.9. The van der Waals surface area contributed by atoms with Crippen molar-refractivity contribution in [3.8, 4) is 11.3 Å². The number of carbonyl (C=O) groups excluding carboxylic acids is 2. The summed E-state index contributed by atoms with van der Waals surface area (Å²) >= 11 is 0. The van der Waals surface area contributed by atoms with Crippen molar-refractivity contribution in [3.63, 3.8) is 0 Å². The lowest BCUT2D eigenvalue weighted by molar-refractivity contribution is -0.144. The number of nitrogens with zero attached hydrogens (tertiary/aromatic N) is 5. The molecule has 45 heavy (non-hydrogen) atoms. The van der Waals surface area contributed by atoms with Crippen molar-refractivity contribution in [1.29, 1.82) is 0 Å². The van der Waals surface area contributed by atoms with Crippen molar-refractivity contribution < 1.29 is 9.59 Å². The fourth-order valence-electron chi connectivity index (χ4n) is 5.66. The van der Waals surface area contributed by atoms with Crippen LogP contribution in [0, 0.1) is 6.92 Å². The van der Waals surface area contributed by atoms with Gasteiger partial charge >= 0.3 is 0 Å². The monoisotopic (exact) mass is 593 g/mol. The van der Waals surface area contributed by atoms with E-state index in [1.54, 1.807) is 35.8 Å². The molecule has 7 nitrogen and oxygen atoms in total. The van der Waals surface area contributed by atoms with E-state index in [0.717, 1.165) is 39.9 Å². The zero-order valence-electron chi connectivity index (χ0n) is 25.3. The van der Waals surface area contributed by atoms with Crippen LogP contribution in [0.1, 0.15) is 33.5 Å². The molecule has 2 amide bonds. The Balaban J connectivity index is 1.34. The zero-order valence-corrected chi connectivity index (χ0v) is 25.3. The molecule has 2 aromatic heterocycles. The van der Waals surface area contributed by atoms with E-state index >= 15 is 0 Å². The van der Waals surface area contributed by atoms with E-state index < -0.39 is 6.04 Å². The van der Waals surface area contributed by atoms with Gasteiger partial charge in [0.05, 0.1) is 17.6 Å². The van der Waals surface area contributed by atoms with Crippen LogP contribution in [0.4, 0.5) is 0 Å². The van der Waals surface area contributed by atoms with Gasteiger partial charge in [-0.2, -0.15) is 0 Å². The van der Waals surface area contributed by atoms with Crippen LogP contribution in [0.5, 0.6) is 0 Å². The standard InChI is InChI=1S/C38H35N5O2/c1-28-11-16-34(41-24-28)17-18-37(44)43(26-30-12-14-32(15-13-30)35-25-39-20-21-40-35)36(23-29-7-3-2-4-8-29)38(45)42-22-19-31-9-5-6-10-33(31)27-42/h2-18,20-21,24-25,36H,19,22-23,26-27H2,1H3. The molecule has 1 aliphatic heterocycles. The van der Waals surface area contributed by atoms with Gasteiger partial charge in [0.2, 0.25) is 11.8 Å². The van der Waals surface area contributed by atoms with Gasteiger partial charge in [-0.1, -0.05) is 84.9 Å². The van der Waals surface area contributed by atoms with Crippen LogP contribution in [0.3, 0.4) is 0 Å². The van der Waals surface area contributed by atoms with E-state index in [1.165, 1.54) is 11.6 Å². The molecule has 7 heteroatoms. The number of rotatable bonds is 9. The molecule has 0 radical (unpaired) electrons. The van der Waals surface area contributed by atoms with Crippen molar-refractivity contribution in [1.82, 2.24) is 24.8 Å². The third kappa shape index (κ3) is 7.39. The summed E-state index contributed by atoms with van der Waals surface area (Å²) in [5.74, 6) is -0.304. The van der Waals surface area contributed by atoms with Crippen molar-refractivity contribution >= 4 is 17.9 Å². The van der Waals surface area contributed by atoms with Crippen LogP contribution in [0.25, 0.3) is 17.3 Å². The third-order valence-electron chi connectivity index (χ3n) is 8.16. The lowest BCUT2D eigenvalue weighted by Gasteiger charge is -2.37. The maximum atomic E-state index is 14.5. The van der Waals surface area contributed by atoms with Crippen LogP contribution in [0.2, 0.25) is 0 Å². The molecule has 224 valence electrons. The van der Waals surface area contributed by atoms with Crippen molar-refractivity contribution in [2.24, 2.45) is 0 Å². The Morgan fingerprint density at radius 2 is 1.62 bits per heavy atom. The maximum Gasteiger partial charge on any atom is 0.247 e. The quantitative estimate of drug-likeness (QED) is 0.194. The topological polar surface area (TPSA) is 79.3 Å². The minimum absolute atomic E-state index is 0.0558. The molecule has 6 rings (SSSR count). The predicted molar refractivity (Wildman–Crippen MR) is 176 cm³/mol. The minimum Gasteiger partial charge on any atom is -0.336 e. The second-order valence-corrected chi connectivity index (χ2v) is 11.3. The normalized spacial score (nSPS) is 13.3. The van der Waals surface area contributed by atoms with E-state index in [0.29, 0.717) is 25.2 Å². The fourth-order valence-corrected chi connectivity index (χ4v) is 5.66. The number of pyridine rings is 1. The van der Waals surface area contributed by atoms with E-state index in [1.807, 2.05) is 90.7 Å². The average molecular weight is 594 g/mol. The summed E-state index contributed by atoms with van der Waals surface area (Å²) in [5.41, 5.74) is 7.75. The molecule has 3 aromatic carbocycles. The molecule has 0 spiro atoms. The molecule has 1 unspecified atom stereocenters. The average Bonchev–Trinajstić information content (AvgIpc) is 3.10. The number of amides is 2. The van der Waals surface area contributed by atoms with E-state index in [-0.39, 0.29) is 18.4 Å². The van der Waals surface area contributed by atoms with Gasteiger partial charge < -0.3 is 9.80 Å². The Labute approximate surface area is 263 Å². The first-order chi connectivity index (χ1) is 22.0. The molecule has 0 fully saturated rings. The van der Waals surface area contributed by atoms with Gasteiger partial charge in [-0.3, -0.25) is 24.5 Å². The summed E-state index contributed by atoms with van der Waals surface area (Å²) in [6.07, 6.45) is 11.2. The summed E-state index contributed by atoms with van der Waals surface area (Å²) < 4.78 is 0. The molecule has 0 N–H and O–H groups in total. The summed E-state index contributed by atoms with van der Waals surface area (Å²) in [6, 6.07) is 29.2. The fraction of sp³-hybridized carbons (Fsp3) is 0.184. The molecule has 1 aliphatic rings. The highest BCUT2D eigenvalue weighted by Gasteiger charge is 2.34. The van der Waals surface area contributed by atoms with Crippen LogP contribution in [0.15, 0.2) is 122 Å². The molecule has 0 bridgehead atoms. The first-order valence-electron chi connectivity index (χ1n) is 15.2. The summed E-state index contributed by atoms with van der Waals surface area (Å²) in [4.78, 5) is 45.2. The first-order valence-corrected chi connectivity index (χ1v) is 15.2. The van der Waals surface area contributed by atoms with Crippen LogP contribution < -0.4 is 0 Å². The largest absolute Gasteiger partial charge is 0.336 e. The van der Waals surface area contributed by atoms with Gasteiger partial charge in [0.1, 0.15) is 6.04 Å². The van der Waals surface area contributed by atoms with Gasteiger partial charge in [-0.15, -0.1) is 0 Å². The molecule has 0 aliphatic carbocycles. The van der Waals surface area contributed by atoms with Crippen LogP contribution >= 0.6 is 0 Å². The van der Waals surface area contributed by atoms with Crippen LogP contribution in [-0.4, -0.2) is 49.2 Å². The highest BCUT2D eigenvalue weighted by Crippen LogP contribution is 2.24. The number of aryl methyl sites for hydroxylation is 1. The second-order valence-electron chi connectivity index (χ2n) is 11.3. The van der Waals surface area contributed by atoms with E-state index in [2.05, 4.69) is 27.1 Å². The van der Waals surface area contributed by atoms with Crippen molar-refractivity contribution in [3.05, 3.63) is 155 Å². The number of hydrogen-bond acceptors (Lipinski definition) is 5. The zero-order chi connectivity index (χ0) is 31.0. The van der Waals surface area contributed by atoms with Crippen molar-refractivity contribution in [2.75, 3.05) is 6.54 Å². The highest BCUT2D eigenvalue weighted by molar-refractivity contribution is 5.95. The highest BCUT2D eigenvalue weighted by atomic mass is 16.2. The summed E-state index contributed by atoms with van der Waals surface area (Å²) in [7, 11) is 0. The molecule has 0 saturated heterocycles. The molecule has 1 atom stereocenters. The summed E-state index contributed by atoms with van der Waals surface area (Å²) in [5, 5.41) is 0. The SMILES string of the molecule is Cc1ccc(C=CC(=O)N(Cc2ccc(-c3cnccn3)cc2)C(Cc2ccccc2)C(=O)N2CCc3ccccc3C2)nc1. The molecule has 3 heterocycles. The Hall–Kier alpha value is -5.43. The van der Waals surface area contributed by atoms with Gasteiger partial charge in [-0.25, -0.2) is 0 Å². The number of aromatic nitrogens is 3. The Bertz CT molecular complexity index is 1770. The number of benzene rings is 3. The smallest absolute Gasteiger partial charge is 0.247 e. The minimum atomic E-state index is -0.708. The predicted octanol–water partition coefficient (Wildman–Crippen LogP) is 6.09. The number of fused-ring (bicyclic) bond motifs is 1. The molecule has 0 saturated carbocycles. The number of carbonyl (C=O) groups is 2. The third-order valence-corrected chi connectivity index (χ3v) is 8.16.